The summed E-state index contributed by atoms with van der Waals surface area (Å²) in [5.74, 6) is 1.53. The van der Waals surface area contributed by atoms with Gasteiger partial charge in [0.15, 0.2) is 11.5 Å². The van der Waals surface area contributed by atoms with Gasteiger partial charge >= 0.3 is 0 Å². The van der Waals surface area contributed by atoms with Crippen LogP contribution in [0.15, 0.2) is 47.4 Å². The summed E-state index contributed by atoms with van der Waals surface area (Å²) in [5, 5.41) is 2.16. The van der Waals surface area contributed by atoms with Crippen molar-refractivity contribution in [3.05, 3.63) is 69.8 Å². The molecule has 0 aliphatic carbocycles. The summed E-state index contributed by atoms with van der Waals surface area (Å²) in [6, 6.07) is 11.7. The fourth-order valence-corrected chi connectivity index (χ4v) is 3.15. The molecule has 6 heteroatoms. The molecule has 148 valence electrons. The first kappa shape index (κ1) is 19.9. The predicted molar refractivity (Wildman–Crippen MR) is 109 cm³/mol. The average Bonchev–Trinajstić information content (AvgIpc) is 2.68. The van der Waals surface area contributed by atoms with E-state index in [2.05, 4.69) is 23.3 Å². The van der Waals surface area contributed by atoms with Crippen molar-refractivity contribution in [3.8, 4) is 11.5 Å². The highest BCUT2D eigenvalue weighted by Crippen LogP contribution is 2.30. The molecule has 3 rings (SSSR count). The first-order valence-corrected chi connectivity index (χ1v) is 9.73. The minimum atomic E-state index is -0.0514. The van der Waals surface area contributed by atoms with E-state index in [1.54, 1.807) is 10.5 Å². The van der Waals surface area contributed by atoms with E-state index in [0.29, 0.717) is 25.4 Å². The number of aromatic nitrogens is 2. The number of fused-ring (bicyclic) bond motifs is 1. The smallest absolute Gasteiger partial charge is 0.258 e. The number of nitrogens with two attached hydrogens (primary N) is 1. The van der Waals surface area contributed by atoms with Crippen LogP contribution >= 0.6 is 0 Å². The van der Waals surface area contributed by atoms with Crippen molar-refractivity contribution in [3.63, 3.8) is 0 Å². The minimum absolute atomic E-state index is 0.0514. The van der Waals surface area contributed by atoms with Crippen LogP contribution in [0.25, 0.3) is 5.65 Å². The number of pyridine rings is 1. The first-order chi connectivity index (χ1) is 13.5. The third-order valence-corrected chi connectivity index (χ3v) is 4.63. The lowest BCUT2D eigenvalue weighted by molar-refractivity contribution is -0.708. The number of benzene rings is 1. The molecule has 1 atom stereocenters. The molecule has 0 aliphatic heterocycles. The molecule has 0 bridgehead atoms. The van der Waals surface area contributed by atoms with Crippen LogP contribution in [0, 0.1) is 6.92 Å². The molecule has 0 saturated heterocycles. The second-order valence-electron chi connectivity index (χ2n) is 6.82. The molecule has 0 unspecified atom stereocenters. The van der Waals surface area contributed by atoms with Crippen LogP contribution in [-0.4, -0.2) is 22.6 Å². The standard InChI is InChI=1S/C22H27N3O3/c1-5-27-19-9-8-17(11-20(19)28-6-2)16(4)23-13-18-12-22(26)25-14-15(3)7-10-21(25)24-18/h7-12,14,16,23H,5-6,13H2,1-4H3/p+1/t16-/m1/s1. The molecule has 0 fully saturated rings. The SMILES string of the molecule is CCOc1ccc([C@@H](C)[NH2+]Cc2cc(=O)n3cc(C)ccc3n2)cc1OCC. The van der Waals surface area contributed by atoms with Crippen molar-refractivity contribution in [2.75, 3.05) is 13.2 Å². The number of ether oxygens (including phenoxy) is 2. The summed E-state index contributed by atoms with van der Waals surface area (Å²) in [6.45, 7) is 9.82. The van der Waals surface area contributed by atoms with Gasteiger partial charge in [0.25, 0.3) is 5.56 Å². The lowest BCUT2D eigenvalue weighted by Gasteiger charge is -2.15. The lowest BCUT2D eigenvalue weighted by Crippen LogP contribution is -2.83. The molecule has 0 spiro atoms. The van der Waals surface area contributed by atoms with E-state index in [9.17, 15) is 4.79 Å². The molecule has 28 heavy (non-hydrogen) atoms. The molecule has 6 nitrogen and oxygen atoms in total. The summed E-state index contributed by atoms with van der Waals surface area (Å²) in [4.78, 5) is 17.0. The van der Waals surface area contributed by atoms with Gasteiger partial charge in [-0.3, -0.25) is 9.20 Å². The van der Waals surface area contributed by atoms with E-state index in [0.717, 1.165) is 28.3 Å². The van der Waals surface area contributed by atoms with Gasteiger partial charge in [-0.15, -0.1) is 0 Å². The highest BCUT2D eigenvalue weighted by Gasteiger charge is 2.14. The van der Waals surface area contributed by atoms with E-state index in [1.807, 2.05) is 51.2 Å². The number of nitrogens with zero attached hydrogens (tertiary/aromatic N) is 2. The zero-order valence-corrected chi connectivity index (χ0v) is 16.9. The number of rotatable bonds is 8. The zero-order valence-electron chi connectivity index (χ0n) is 16.9. The highest BCUT2D eigenvalue weighted by molar-refractivity contribution is 5.43. The molecule has 2 heterocycles. The number of aryl methyl sites for hydroxylation is 1. The van der Waals surface area contributed by atoms with E-state index in [4.69, 9.17) is 9.47 Å². The number of quaternary nitrogens is 1. The normalized spacial score (nSPS) is 12.1. The maximum Gasteiger partial charge on any atom is 0.258 e. The molecule has 0 saturated carbocycles. The maximum absolute atomic E-state index is 12.4. The van der Waals surface area contributed by atoms with Crippen molar-refractivity contribution in [1.82, 2.24) is 9.38 Å². The largest absolute Gasteiger partial charge is 0.490 e. The van der Waals surface area contributed by atoms with Crippen LogP contribution in [-0.2, 0) is 6.54 Å². The Labute approximate surface area is 165 Å². The van der Waals surface area contributed by atoms with Gasteiger partial charge in [-0.25, -0.2) is 4.98 Å². The Morgan fingerprint density at radius 1 is 1.07 bits per heavy atom. The Kier molecular flexibility index (Phi) is 6.31. The predicted octanol–water partition coefficient (Wildman–Crippen LogP) is 2.62. The van der Waals surface area contributed by atoms with Gasteiger partial charge in [-0.2, -0.15) is 0 Å². The average molecular weight is 382 g/mol. The molecular weight excluding hydrogens is 354 g/mol. The van der Waals surface area contributed by atoms with Gasteiger partial charge in [0.1, 0.15) is 23.9 Å². The lowest BCUT2D eigenvalue weighted by atomic mass is 10.1. The zero-order chi connectivity index (χ0) is 20.1. The van der Waals surface area contributed by atoms with Crippen molar-refractivity contribution >= 4 is 5.65 Å². The first-order valence-electron chi connectivity index (χ1n) is 9.73. The Morgan fingerprint density at radius 2 is 1.82 bits per heavy atom. The molecule has 2 N–H and O–H groups in total. The van der Waals surface area contributed by atoms with Crippen LogP contribution in [0.5, 0.6) is 11.5 Å². The maximum atomic E-state index is 12.4. The highest BCUT2D eigenvalue weighted by atomic mass is 16.5. The Morgan fingerprint density at radius 3 is 2.57 bits per heavy atom. The van der Waals surface area contributed by atoms with Gasteiger partial charge in [0.2, 0.25) is 0 Å². The van der Waals surface area contributed by atoms with E-state index in [-0.39, 0.29) is 11.6 Å². The molecule has 0 aliphatic rings. The summed E-state index contributed by atoms with van der Waals surface area (Å²) in [6.07, 6.45) is 1.82. The second-order valence-corrected chi connectivity index (χ2v) is 6.82. The summed E-state index contributed by atoms with van der Waals surface area (Å²) in [7, 11) is 0. The quantitative estimate of drug-likeness (QED) is 0.650. The Balaban J connectivity index is 1.75. The number of hydrogen-bond donors (Lipinski definition) is 1. The van der Waals surface area contributed by atoms with Crippen LogP contribution in [0.3, 0.4) is 0 Å². The van der Waals surface area contributed by atoms with E-state index < -0.39 is 0 Å². The Hall–Kier alpha value is -2.86. The fraction of sp³-hybridized carbons (Fsp3) is 0.364. The topological polar surface area (TPSA) is 69.4 Å². The van der Waals surface area contributed by atoms with Crippen molar-refractivity contribution < 1.29 is 14.8 Å². The van der Waals surface area contributed by atoms with Crippen molar-refractivity contribution in [2.45, 2.75) is 40.3 Å². The number of hydrogen-bond acceptors (Lipinski definition) is 4. The summed E-state index contributed by atoms with van der Waals surface area (Å²) < 4.78 is 12.9. The third-order valence-electron chi connectivity index (χ3n) is 4.63. The van der Waals surface area contributed by atoms with E-state index >= 15 is 0 Å². The summed E-state index contributed by atoms with van der Waals surface area (Å²) >= 11 is 0. The van der Waals surface area contributed by atoms with Crippen LogP contribution in [0.4, 0.5) is 0 Å². The van der Waals surface area contributed by atoms with Crippen LogP contribution in [0.1, 0.15) is 43.6 Å². The van der Waals surface area contributed by atoms with Gasteiger partial charge in [-0.05, 0) is 57.5 Å². The molecule has 3 aromatic rings. The van der Waals surface area contributed by atoms with Gasteiger partial charge in [0.05, 0.1) is 13.2 Å². The Bertz CT molecular complexity index is 1010. The van der Waals surface area contributed by atoms with Gasteiger partial charge in [-0.1, -0.05) is 6.07 Å². The molecule has 2 aromatic heterocycles. The van der Waals surface area contributed by atoms with Crippen LogP contribution in [0.2, 0.25) is 0 Å². The second kappa shape index (κ2) is 8.89. The van der Waals surface area contributed by atoms with E-state index in [1.165, 1.54) is 0 Å². The summed E-state index contributed by atoms with van der Waals surface area (Å²) in [5.41, 5.74) is 3.57. The third kappa shape index (κ3) is 4.51. The van der Waals surface area contributed by atoms with Crippen molar-refractivity contribution in [1.29, 1.82) is 0 Å². The fourth-order valence-electron chi connectivity index (χ4n) is 3.15. The minimum Gasteiger partial charge on any atom is -0.490 e. The molecule has 1 aromatic carbocycles. The molecule has 0 amide bonds. The monoisotopic (exact) mass is 382 g/mol. The van der Waals surface area contributed by atoms with Crippen molar-refractivity contribution in [2.24, 2.45) is 0 Å². The molecule has 0 radical (unpaired) electrons. The van der Waals surface area contributed by atoms with Gasteiger partial charge in [0, 0.05) is 17.8 Å². The van der Waals surface area contributed by atoms with Gasteiger partial charge < -0.3 is 14.8 Å². The molecular formula is C22H28N3O3+. The van der Waals surface area contributed by atoms with Crippen LogP contribution < -0.4 is 20.3 Å².